The van der Waals surface area contributed by atoms with E-state index in [-0.39, 0.29) is 18.3 Å². The molecule has 23 heavy (non-hydrogen) atoms. The summed E-state index contributed by atoms with van der Waals surface area (Å²) in [6.07, 6.45) is 2.34. The van der Waals surface area contributed by atoms with Crippen molar-refractivity contribution in [1.82, 2.24) is 10.2 Å². The first-order chi connectivity index (χ1) is 10.8. The van der Waals surface area contributed by atoms with E-state index in [2.05, 4.69) is 27.7 Å². The van der Waals surface area contributed by atoms with Gasteiger partial charge >= 0.3 is 0 Å². The first-order valence-corrected chi connectivity index (χ1v) is 7.93. The van der Waals surface area contributed by atoms with Gasteiger partial charge in [-0.25, -0.2) is 0 Å². The molecule has 124 valence electrons. The van der Waals surface area contributed by atoms with Crippen molar-refractivity contribution >= 4 is 34.8 Å². The second kappa shape index (κ2) is 8.29. The number of hydrogen-bond acceptors (Lipinski definition) is 3. The average molecular weight is 334 g/mol. The number of rotatable bonds is 4. The molecule has 2 aromatic rings. The molecule has 1 saturated heterocycles. The summed E-state index contributed by atoms with van der Waals surface area (Å²) in [5.74, 6) is 0.0631. The molecule has 0 radical (unpaired) electrons. The van der Waals surface area contributed by atoms with Crippen LogP contribution in [0, 0.1) is 0 Å². The van der Waals surface area contributed by atoms with Gasteiger partial charge in [0.1, 0.15) is 0 Å². The van der Waals surface area contributed by atoms with E-state index < -0.39 is 0 Å². The summed E-state index contributed by atoms with van der Waals surface area (Å²) in [5.41, 5.74) is 0.894. The maximum absolute atomic E-state index is 12.3. The van der Waals surface area contributed by atoms with Gasteiger partial charge < -0.3 is 10.6 Å². The number of likely N-dealkylation sites (N-methyl/N-ethyl adjacent to an activating group) is 1. The molecule has 0 aromatic heterocycles. The van der Waals surface area contributed by atoms with Crippen molar-refractivity contribution in [2.45, 2.75) is 18.9 Å². The highest BCUT2D eigenvalue weighted by Gasteiger charge is 2.20. The lowest BCUT2D eigenvalue weighted by molar-refractivity contribution is -0.117. The summed E-state index contributed by atoms with van der Waals surface area (Å²) in [6, 6.07) is 14.6. The number of nitrogens with one attached hydrogen (secondary N) is 2. The number of fused-ring (bicyclic) bond motifs is 1. The Morgan fingerprint density at radius 1 is 1.22 bits per heavy atom. The minimum atomic E-state index is 0. The van der Waals surface area contributed by atoms with Crippen molar-refractivity contribution in [3.8, 4) is 0 Å². The monoisotopic (exact) mass is 333 g/mol. The van der Waals surface area contributed by atoms with Gasteiger partial charge in [-0.05, 0) is 37.9 Å². The molecule has 3 rings (SSSR count). The largest absolute Gasteiger partial charge is 0.324 e. The van der Waals surface area contributed by atoms with Crippen LogP contribution >= 0.6 is 12.4 Å². The van der Waals surface area contributed by atoms with Crippen LogP contribution < -0.4 is 10.6 Å². The van der Waals surface area contributed by atoms with E-state index in [0.29, 0.717) is 12.6 Å². The van der Waals surface area contributed by atoms with Crippen LogP contribution in [0.15, 0.2) is 42.5 Å². The molecule has 5 heteroatoms. The molecule has 1 heterocycles. The number of amides is 1. The minimum absolute atomic E-state index is 0. The SMILES string of the molecule is CNC1CCCN(CC(=O)Nc2cccc3ccccc23)C1.Cl. The quantitative estimate of drug-likeness (QED) is 0.904. The van der Waals surface area contributed by atoms with Crippen LogP contribution in [-0.2, 0) is 4.79 Å². The maximum atomic E-state index is 12.3. The Balaban J connectivity index is 0.00000192. The molecule has 1 aliphatic heterocycles. The molecule has 4 nitrogen and oxygen atoms in total. The number of benzene rings is 2. The van der Waals surface area contributed by atoms with Gasteiger partial charge in [0.15, 0.2) is 0 Å². The Labute approximate surface area is 143 Å². The van der Waals surface area contributed by atoms with Crippen molar-refractivity contribution in [2.75, 3.05) is 32.0 Å². The summed E-state index contributed by atoms with van der Waals surface area (Å²) in [7, 11) is 1.99. The third kappa shape index (κ3) is 4.44. The molecule has 1 aliphatic rings. The van der Waals surface area contributed by atoms with E-state index in [0.717, 1.165) is 36.0 Å². The first kappa shape index (κ1) is 17.7. The van der Waals surface area contributed by atoms with E-state index in [1.807, 2.05) is 37.4 Å². The lowest BCUT2D eigenvalue weighted by Gasteiger charge is -2.31. The zero-order valence-corrected chi connectivity index (χ0v) is 14.2. The molecule has 0 spiro atoms. The van der Waals surface area contributed by atoms with E-state index in [1.165, 1.54) is 6.42 Å². The normalized spacial score (nSPS) is 18.4. The first-order valence-electron chi connectivity index (χ1n) is 7.93. The minimum Gasteiger partial charge on any atom is -0.324 e. The van der Waals surface area contributed by atoms with Crippen molar-refractivity contribution in [3.63, 3.8) is 0 Å². The fourth-order valence-electron chi connectivity index (χ4n) is 3.16. The molecule has 0 aliphatic carbocycles. The fraction of sp³-hybridized carbons (Fsp3) is 0.389. The van der Waals surface area contributed by atoms with E-state index >= 15 is 0 Å². The standard InChI is InChI=1S/C18H23N3O.ClH/c1-19-15-8-5-11-21(12-15)13-18(22)20-17-10-4-7-14-6-2-3-9-16(14)17;/h2-4,6-7,9-10,15,19H,5,8,11-13H2,1H3,(H,20,22);1H. The molecule has 0 saturated carbocycles. The second-order valence-electron chi connectivity index (χ2n) is 5.94. The number of piperidine rings is 1. The molecular weight excluding hydrogens is 310 g/mol. The van der Waals surface area contributed by atoms with Crippen LogP contribution in [0.4, 0.5) is 5.69 Å². The highest BCUT2D eigenvalue weighted by molar-refractivity contribution is 6.02. The van der Waals surface area contributed by atoms with Crippen molar-refractivity contribution < 1.29 is 4.79 Å². The topological polar surface area (TPSA) is 44.4 Å². The molecule has 0 bridgehead atoms. The number of hydrogen-bond donors (Lipinski definition) is 2. The van der Waals surface area contributed by atoms with Crippen molar-refractivity contribution in [1.29, 1.82) is 0 Å². The molecule has 1 fully saturated rings. The summed E-state index contributed by atoms with van der Waals surface area (Å²) in [5, 5.41) is 8.61. The van der Waals surface area contributed by atoms with Gasteiger partial charge in [0, 0.05) is 23.7 Å². The summed E-state index contributed by atoms with van der Waals surface area (Å²) >= 11 is 0. The van der Waals surface area contributed by atoms with Crippen molar-refractivity contribution in [2.24, 2.45) is 0 Å². The molecular formula is C18H24ClN3O. The van der Waals surface area contributed by atoms with E-state index in [9.17, 15) is 4.79 Å². The van der Waals surface area contributed by atoms with Crippen LogP contribution in [0.3, 0.4) is 0 Å². The second-order valence-corrected chi connectivity index (χ2v) is 5.94. The van der Waals surface area contributed by atoms with E-state index in [1.54, 1.807) is 0 Å². The number of carbonyl (C=O) groups excluding carboxylic acids is 1. The van der Waals surface area contributed by atoms with Crippen LogP contribution in [0.25, 0.3) is 10.8 Å². The number of likely N-dealkylation sites (tertiary alicyclic amines) is 1. The molecule has 1 unspecified atom stereocenters. The number of nitrogens with zero attached hydrogens (tertiary/aromatic N) is 1. The van der Waals surface area contributed by atoms with E-state index in [4.69, 9.17) is 0 Å². The Morgan fingerprint density at radius 3 is 2.83 bits per heavy atom. The summed E-state index contributed by atoms with van der Waals surface area (Å²) in [6.45, 7) is 2.40. The molecule has 2 N–H and O–H groups in total. The summed E-state index contributed by atoms with van der Waals surface area (Å²) in [4.78, 5) is 14.6. The average Bonchev–Trinajstić information content (AvgIpc) is 2.55. The van der Waals surface area contributed by atoms with Crippen LogP contribution in [0.1, 0.15) is 12.8 Å². The smallest absolute Gasteiger partial charge is 0.238 e. The Kier molecular flexibility index (Phi) is 6.39. The number of anilines is 1. The van der Waals surface area contributed by atoms with Gasteiger partial charge in [0.2, 0.25) is 5.91 Å². The third-order valence-corrected chi connectivity index (χ3v) is 4.34. The number of carbonyl (C=O) groups is 1. The zero-order chi connectivity index (χ0) is 15.4. The van der Waals surface area contributed by atoms with Gasteiger partial charge in [-0.3, -0.25) is 9.69 Å². The van der Waals surface area contributed by atoms with Crippen LogP contribution in [-0.4, -0.2) is 43.5 Å². The summed E-state index contributed by atoms with van der Waals surface area (Å²) < 4.78 is 0. The third-order valence-electron chi connectivity index (χ3n) is 4.34. The highest BCUT2D eigenvalue weighted by Crippen LogP contribution is 2.23. The molecule has 1 atom stereocenters. The fourth-order valence-corrected chi connectivity index (χ4v) is 3.16. The zero-order valence-electron chi connectivity index (χ0n) is 13.4. The van der Waals surface area contributed by atoms with Gasteiger partial charge in [-0.15, -0.1) is 12.4 Å². The Bertz CT molecular complexity index is 656. The van der Waals surface area contributed by atoms with Gasteiger partial charge in [-0.2, -0.15) is 0 Å². The maximum Gasteiger partial charge on any atom is 0.238 e. The predicted molar refractivity (Wildman–Crippen MR) is 98.3 cm³/mol. The molecule has 2 aromatic carbocycles. The Hall–Kier alpha value is -1.62. The van der Waals surface area contributed by atoms with Gasteiger partial charge in [0.25, 0.3) is 0 Å². The highest BCUT2D eigenvalue weighted by atomic mass is 35.5. The van der Waals surface area contributed by atoms with Gasteiger partial charge in [-0.1, -0.05) is 36.4 Å². The van der Waals surface area contributed by atoms with Crippen LogP contribution in [0.2, 0.25) is 0 Å². The van der Waals surface area contributed by atoms with Crippen molar-refractivity contribution in [3.05, 3.63) is 42.5 Å². The Morgan fingerprint density at radius 2 is 2.00 bits per heavy atom. The lowest BCUT2D eigenvalue weighted by Crippen LogP contribution is -2.46. The number of halogens is 1. The predicted octanol–water partition coefficient (Wildman–Crippen LogP) is 2.88. The molecule has 1 amide bonds. The lowest BCUT2D eigenvalue weighted by atomic mass is 10.1. The van der Waals surface area contributed by atoms with Crippen LogP contribution in [0.5, 0.6) is 0 Å². The van der Waals surface area contributed by atoms with Gasteiger partial charge in [0.05, 0.1) is 6.54 Å².